The van der Waals surface area contributed by atoms with Crippen LogP contribution in [0.2, 0.25) is 0 Å². The van der Waals surface area contributed by atoms with Gasteiger partial charge in [0, 0.05) is 27.0 Å². The van der Waals surface area contributed by atoms with Crippen molar-refractivity contribution in [1.82, 2.24) is 9.97 Å². The highest BCUT2D eigenvalue weighted by Gasteiger charge is 2.10. The number of thiocarbonyl (C=S) groups is 1. The van der Waals surface area contributed by atoms with Crippen molar-refractivity contribution >= 4 is 23.0 Å². The van der Waals surface area contributed by atoms with Gasteiger partial charge in [-0.05, 0) is 0 Å². The first-order valence-corrected chi connectivity index (χ1v) is 5.45. The van der Waals surface area contributed by atoms with Crippen molar-refractivity contribution in [3.05, 3.63) is 18.1 Å². The molecule has 0 aliphatic heterocycles. The molecule has 0 aliphatic rings. The van der Waals surface area contributed by atoms with Crippen molar-refractivity contribution in [3.63, 3.8) is 0 Å². The number of aromatic nitrogens is 2. The van der Waals surface area contributed by atoms with E-state index in [1.807, 2.05) is 0 Å². The summed E-state index contributed by atoms with van der Waals surface area (Å²) in [4.78, 5) is 8.21. The van der Waals surface area contributed by atoms with Gasteiger partial charge < -0.3 is 20.5 Å². The van der Waals surface area contributed by atoms with Crippen LogP contribution < -0.4 is 11.1 Å². The highest BCUT2D eigenvalue weighted by Crippen LogP contribution is 2.09. The van der Waals surface area contributed by atoms with Crippen molar-refractivity contribution in [1.29, 1.82) is 0 Å². The summed E-state index contributed by atoms with van der Waals surface area (Å²) < 4.78 is 10.2. The van der Waals surface area contributed by atoms with Gasteiger partial charge in [0.25, 0.3) is 0 Å². The first kappa shape index (κ1) is 13.8. The van der Waals surface area contributed by atoms with Crippen LogP contribution in [0.5, 0.6) is 0 Å². The Morgan fingerprint density at radius 3 is 2.94 bits per heavy atom. The SMILES string of the molecule is COCC(CNc1ncncc1C(N)=S)OC. The molecule has 0 spiro atoms. The number of nitrogens with zero attached hydrogens (tertiary/aromatic N) is 2. The Balaban J connectivity index is 2.65. The number of hydrogen-bond acceptors (Lipinski definition) is 6. The molecule has 1 heterocycles. The van der Waals surface area contributed by atoms with Gasteiger partial charge in [0.2, 0.25) is 0 Å². The molecule has 17 heavy (non-hydrogen) atoms. The van der Waals surface area contributed by atoms with Gasteiger partial charge in [-0.2, -0.15) is 0 Å². The monoisotopic (exact) mass is 256 g/mol. The van der Waals surface area contributed by atoms with E-state index >= 15 is 0 Å². The lowest BCUT2D eigenvalue weighted by molar-refractivity contribution is 0.0365. The Morgan fingerprint density at radius 2 is 2.35 bits per heavy atom. The van der Waals surface area contributed by atoms with E-state index in [4.69, 9.17) is 27.4 Å². The van der Waals surface area contributed by atoms with Gasteiger partial charge >= 0.3 is 0 Å². The summed E-state index contributed by atoms with van der Waals surface area (Å²) in [6, 6.07) is 0. The van der Waals surface area contributed by atoms with E-state index < -0.39 is 0 Å². The number of anilines is 1. The number of methoxy groups -OCH3 is 2. The van der Waals surface area contributed by atoms with E-state index in [-0.39, 0.29) is 11.1 Å². The van der Waals surface area contributed by atoms with Crippen molar-refractivity contribution in [2.75, 3.05) is 32.7 Å². The number of nitrogens with one attached hydrogen (secondary N) is 1. The predicted octanol–water partition coefficient (Wildman–Crippen LogP) is 0.184. The molecule has 0 saturated carbocycles. The lowest BCUT2D eigenvalue weighted by atomic mass is 10.3. The molecule has 0 saturated heterocycles. The van der Waals surface area contributed by atoms with Gasteiger partial charge in [0.15, 0.2) is 0 Å². The fourth-order valence-electron chi connectivity index (χ4n) is 1.26. The van der Waals surface area contributed by atoms with Crippen LogP contribution in [-0.4, -0.2) is 48.4 Å². The van der Waals surface area contributed by atoms with Crippen LogP contribution in [0.1, 0.15) is 5.56 Å². The first-order valence-electron chi connectivity index (χ1n) is 5.04. The summed E-state index contributed by atoms with van der Waals surface area (Å²) in [6.45, 7) is 1.05. The van der Waals surface area contributed by atoms with Crippen molar-refractivity contribution in [3.8, 4) is 0 Å². The summed E-state index contributed by atoms with van der Waals surface area (Å²) in [5.41, 5.74) is 6.19. The molecule has 0 aromatic carbocycles. The summed E-state index contributed by atoms with van der Waals surface area (Å²) in [5.74, 6) is 0.602. The van der Waals surface area contributed by atoms with Gasteiger partial charge in [-0.3, -0.25) is 0 Å². The number of hydrogen-bond donors (Lipinski definition) is 2. The van der Waals surface area contributed by atoms with Crippen LogP contribution in [0.3, 0.4) is 0 Å². The fraction of sp³-hybridized carbons (Fsp3) is 0.500. The second kappa shape index (κ2) is 7.10. The van der Waals surface area contributed by atoms with Crippen LogP contribution in [0.25, 0.3) is 0 Å². The van der Waals surface area contributed by atoms with E-state index in [0.717, 1.165) is 0 Å². The molecule has 0 radical (unpaired) electrons. The van der Waals surface area contributed by atoms with Crippen LogP contribution in [0.15, 0.2) is 12.5 Å². The highest BCUT2D eigenvalue weighted by atomic mass is 32.1. The molecule has 0 aliphatic carbocycles. The van der Waals surface area contributed by atoms with Crippen LogP contribution >= 0.6 is 12.2 Å². The third-order valence-electron chi connectivity index (χ3n) is 2.16. The molecule has 1 aromatic rings. The molecule has 1 aromatic heterocycles. The normalized spacial score (nSPS) is 12.1. The Bertz CT molecular complexity index is 375. The Kier molecular flexibility index (Phi) is 5.75. The van der Waals surface area contributed by atoms with Crippen molar-refractivity contribution < 1.29 is 9.47 Å². The van der Waals surface area contributed by atoms with Gasteiger partial charge in [0.05, 0.1) is 18.3 Å². The molecule has 0 fully saturated rings. The van der Waals surface area contributed by atoms with Crippen molar-refractivity contribution in [2.24, 2.45) is 5.73 Å². The van der Waals surface area contributed by atoms with Gasteiger partial charge in [-0.25, -0.2) is 9.97 Å². The topological polar surface area (TPSA) is 82.3 Å². The molecule has 1 unspecified atom stereocenters. The van der Waals surface area contributed by atoms with E-state index in [2.05, 4.69) is 15.3 Å². The lowest BCUT2D eigenvalue weighted by Crippen LogP contribution is -2.28. The Morgan fingerprint density at radius 1 is 1.59 bits per heavy atom. The second-order valence-electron chi connectivity index (χ2n) is 3.34. The first-order chi connectivity index (χ1) is 8.19. The minimum absolute atomic E-state index is 0.0610. The maximum absolute atomic E-state index is 5.57. The summed E-state index contributed by atoms with van der Waals surface area (Å²) >= 11 is 4.91. The average molecular weight is 256 g/mol. The molecule has 94 valence electrons. The average Bonchev–Trinajstić information content (AvgIpc) is 2.34. The smallest absolute Gasteiger partial charge is 0.139 e. The Labute approximate surface area is 106 Å². The standard InChI is InChI=1S/C10H16N4O2S/c1-15-5-7(16-2)3-13-10-8(9(11)17)4-12-6-14-10/h4,6-7H,3,5H2,1-2H3,(H2,11,17)(H,12,13,14). The predicted molar refractivity (Wildman–Crippen MR) is 69.1 cm³/mol. The highest BCUT2D eigenvalue weighted by molar-refractivity contribution is 7.80. The summed E-state index contributed by atoms with van der Waals surface area (Å²) in [5, 5.41) is 3.11. The van der Waals surface area contributed by atoms with E-state index in [1.54, 1.807) is 20.4 Å². The largest absolute Gasteiger partial charge is 0.389 e. The number of rotatable bonds is 7. The molecule has 0 bridgehead atoms. The quantitative estimate of drug-likeness (QED) is 0.673. The number of nitrogens with two attached hydrogens (primary N) is 1. The maximum Gasteiger partial charge on any atom is 0.139 e. The molecule has 0 amide bonds. The van der Waals surface area contributed by atoms with Gasteiger partial charge in [0.1, 0.15) is 17.1 Å². The Hall–Kier alpha value is -1.31. The van der Waals surface area contributed by atoms with Crippen LogP contribution in [-0.2, 0) is 9.47 Å². The zero-order chi connectivity index (χ0) is 12.7. The molecule has 1 atom stereocenters. The lowest BCUT2D eigenvalue weighted by Gasteiger charge is -2.16. The third-order valence-corrected chi connectivity index (χ3v) is 2.38. The second-order valence-corrected chi connectivity index (χ2v) is 3.78. The molecule has 6 nitrogen and oxygen atoms in total. The maximum atomic E-state index is 5.57. The molecule has 1 rings (SSSR count). The molecular weight excluding hydrogens is 240 g/mol. The summed E-state index contributed by atoms with van der Waals surface area (Å²) in [6.07, 6.45) is 2.95. The summed E-state index contributed by atoms with van der Waals surface area (Å²) in [7, 11) is 3.25. The molecule has 3 N–H and O–H groups in total. The van der Waals surface area contributed by atoms with E-state index in [9.17, 15) is 0 Å². The minimum atomic E-state index is -0.0610. The van der Waals surface area contributed by atoms with Crippen LogP contribution in [0.4, 0.5) is 5.82 Å². The van der Waals surface area contributed by atoms with Crippen LogP contribution in [0, 0.1) is 0 Å². The minimum Gasteiger partial charge on any atom is -0.389 e. The van der Waals surface area contributed by atoms with Gasteiger partial charge in [-0.15, -0.1) is 0 Å². The fourth-order valence-corrected chi connectivity index (χ4v) is 1.41. The zero-order valence-corrected chi connectivity index (χ0v) is 10.7. The molecular formula is C10H16N4O2S. The number of ether oxygens (including phenoxy) is 2. The van der Waals surface area contributed by atoms with Crippen molar-refractivity contribution in [2.45, 2.75) is 6.10 Å². The third kappa shape index (κ3) is 4.22. The molecule has 7 heteroatoms. The zero-order valence-electron chi connectivity index (χ0n) is 9.84. The van der Waals surface area contributed by atoms with E-state index in [0.29, 0.717) is 24.5 Å². The van der Waals surface area contributed by atoms with Gasteiger partial charge in [-0.1, -0.05) is 12.2 Å². The van der Waals surface area contributed by atoms with E-state index in [1.165, 1.54) is 6.33 Å².